The van der Waals surface area contributed by atoms with Gasteiger partial charge in [0.2, 0.25) is 0 Å². The van der Waals surface area contributed by atoms with Crippen molar-refractivity contribution in [1.29, 1.82) is 0 Å². The molecule has 0 spiro atoms. The Bertz CT molecular complexity index is 449. The van der Waals surface area contributed by atoms with E-state index in [1.165, 1.54) is 24.0 Å². The first-order valence-corrected chi connectivity index (χ1v) is 8.54. The Hall–Kier alpha value is -0.860. The zero-order valence-corrected chi connectivity index (χ0v) is 14.4. The first-order valence-electron chi connectivity index (χ1n) is 8.54. The van der Waals surface area contributed by atoms with E-state index < -0.39 is 0 Å². The molecule has 0 saturated carbocycles. The van der Waals surface area contributed by atoms with Gasteiger partial charge in [0.15, 0.2) is 0 Å². The van der Waals surface area contributed by atoms with Crippen molar-refractivity contribution in [2.75, 3.05) is 19.6 Å². The van der Waals surface area contributed by atoms with Gasteiger partial charge in [-0.3, -0.25) is 0 Å². The number of rotatable bonds is 6. The van der Waals surface area contributed by atoms with Crippen LogP contribution in [0, 0.1) is 5.41 Å². The molecule has 0 aliphatic heterocycles. The Morgan fingerprint density at radius 3 is 2.57 bits per heavy atom. The Balaban J connectivity index is 2.13. The number of fused-ring (bicyclic) bond motifs is 1. The molecule has 2 atom stereocenters. The molecule has 0 bridgehead atoms. The lowest BCUT2D eigenvalue weighted by Crippen LogP contribution is -2.46. The molecule has 2 unspecified atom stereocenters. The van der Waals surface area contributed by atoms with Crippen LogP contribution in [0.25, 0.3) is 0 Å². The maximum atomic E-state index is 3.92. The van der Waals surface area contributed by atoms with Crippen LogP contribution in [0.4, 0.5) is 0 Å². The minimum absolute atomic E-state index is 0.325. The Morgan fingerprint density at radius 2 is 1.90 bits per heavy atom. The minimum atomic E-state index is 0.325. The average Bonchev–Trinajstić information content (AvgIpc) is 2.48. The van der Waals surface area contributed by atoms with Crippen LogP contribution in [0.1, 0.15) is 58.2 Å². The number of aryl methyl sites for hydroxylation is 1. The number of nitrogens with zero attached hydrogens (tertiary/aromatic N) is 1. The summed E-state index contributed by atoms with van der Waals surface area (Å²) in [5.74, 6) is 0. The normalized spacial score (nSPS) is 22.1. The van der Waals surface area contributed by atoms with Gasteiger partial charge in [-0.15, -0.1) is 0 Å². The van der Waals surface area contributed by atoms with Gasteiger partial charge < -0.3 is 10.2 Å². The number of nitrogens with one attached hydrogen (secondary N) is 1. The Labute approximate surface area is 130 Å². The highest BCUT2D eigenvalue weighted by molar-refractivity contribution is 5.34. The van der Waals surface area contributed by atoms with Crippen LogP contribution in [0.5, 0.6) is 0 Å². The summed E-state index contributed by atoms with van der Waals surface area (Å²) in [4.78, 5) is 2.50. The van der Waals surface area contributed by atoms with E-state index in [2.05, 4.69) is 69.1 Å². The summed E-state index contributed by atoms with van der Waals surface area (Å²) in [6.45, 7) is 15.0. The SMILES string of the molecule is CCN(CC)CC(C)NC1c2ccccc2CCC1(C)C. The minimum Gasteiger partial charge on any atom is -0.306 e. The molecule has 0 fully saturated rings. The molecule has 0 heterocycles. The van der Waals surface area contributed by atoms with E-state index in [-0.39, 0.29) is 0 Å². The van der Waals surface area contributed by atoms with Crippen LogP contribution in [-0.2, 0) is 6.42 Å². The lowest BCUT2D eigenvalue weighted by atomic mass is 9.70. The Morgan fingerprint density at radius 1 is 1.24 bits per heavy atom. The van der Waals surface area contributed by atoms with E-state index in [9.17, 15) is 0 Å². The molecule has 21 heavy (non-hydrogen) atoms. The zero-order valence-electron chi connectivity index (χ0n) is 14.4. The van der Waals surface area contributed by atoms with Crippen molar-refractivity contribution in [3.8, 4) is 0 Å². The number of hydrogen-bond acceptors (Lipinski definition) is 2. The van der Waals surface area contributed by atoms with Gasteiger partial charge in [0.25, 0.3) is 0 Å². The Kier molecular flexibility index (Phi) is 5.45. The van der Waals surface area contributed by atoms with E-state index in [1.807, 2.05) is 0 Å². The fraction of sp³-hybridized carbons (Fsp3) is 0.684. The molecule has 2 nitrogen and oxygen atoms in total. The van der Waals surface area contributed by atoms with Crippen molar-refractivity contribution in [2.45, 2.75) is 59.5 Å². The van der Waals surface area contributed by atoms with Gasteiger partial charge in [0.05, 0.1) is 0 Å². The highest BCUT2D eigenvalue weighted by atomic mass is 15.1. The molecule has 0 aromatic heterocycles. The molecule has 2 heteroatoms. The molecule has 0 saturated heterocycles. The van der Waals surface area contributed by atoms with Gasteiger partial charge in [0.1, 0.15) is 0 Å². The molecule has 1 aromatic rings. The van der Waals surface area contributed by atoms with Gasteiger partial charge in [-0.1, -0.05) is 52.0 Å². The van der Waals surface area contributed by atoms with E-state index in [0.29, 0.717) is 17.5 Å². The van der Waals surface area contributed by atoms with Gasteiger partial charge in [-0.2, -0.15) is 0 Å². The second-order valence-corrected chi connectivity index (χ2v) is 7.17. The van der Waals surface area contributed by atoms with Crippen molar-refractivity contribution in [3.63, 3.8) is 0 Å². The third-order valence-electron chi connectivity index (χ3n) is 5.06. The summed E-state index contributed by atoms with van der Waals surface area (Å²) >= 11 is 0. The molecule has 0 amide bonds. The molecular weight excluding hydrogens is 256 g/mol. The van der Waals surface area contributed by atoms with Gasteiger partial charge in [0, 0.05) is 18.6 Å². The molecule has 0 radical (unpaired) electrons. The maximum Gasteiger partial charge on any atom is 0.0377 e. The fourth-order valence-corrected chi connectivity index (χ4v) is 3.59. The highest BCUT2D eigenvalue weighted by Crippen LogP contribution is 2.43. The van der Waals surface area contributed by atoms with Crippen LogP contribution in [0.15, 0.2) is 24.3 Å². The van der Waals surface area contributed by atoms with Crippen LogP contribution in [0.2, 0.25) is 0 Å². The van der Waals surface area contributed by atoms with E-state index in [1.54, 1.807) is 0 Å². The van der Waals surface area contributed by atoms with Crippen LogP contribution >= 0.6 is 0 Å². The largest absolute Gasteiger partial charge is 0.306 e. The van der Waals surface area contributed by atoms with E-state index >= 15 is 0 Å². The third kappa shape index (κ3) is 3.87. The lowest BCUT2D eigenvalue weighted by Gasteiger charge is -2.42. The van der Waals surface area contributed by atoms with E-state index in [4.69, 9.17) is 0 Å². The molecule has 1 aliphatic carbocycles. The molecule has 2 rings (SSSR count). The standard InChI is InChI=1S/C19H32N2/c1-6-21(7-2)14-15(3)20-18-17-11-9-8-10-16(17)12-13-19(18,4)5/h8-11,15,18,20H,6-7,12-14H2,1-5H3. The molecule has 1 aromatic carbocycles. The van der Waals surface area contributed by atoms with Crippen molar-refractivity contribution in [3.05, 3.63) is 35.4 Å². The van der Waals surface area contributed by atoms with Crippen molar-refractivity contribution < 1.29 is 0 Å². The lowest BCUT2D eigenvalue weighted by molar-refractivity contribution is 0.177. The summed E-state index contributed by atoms with van der Waals surface area (Å²) in [6, 6.07) is 9.96. The number of benzene rings is 1. The summed E-state index contributed by atoms with van der Waals surface area (Å²) in [7, 11) is 0. The topological polar surface area (TPSA) is 15.3 Å². The zero-order chi connectivity index (χ0) is 15.5. The predicted molar refractivity (Wildman–Crippen MR) is 91.7 cm³/mol. The van der Waals surface area contributed by atoms with Gasteiger partial charge in [-0.25, -0.2) is 0 Å². The quantitative estimate of drug-likeness (QED) is 0.850. The molecule has 1 aliphatic rings. The first-order chi connectivity index (χ1) is 9.97. The van der Waals surface area contributed by atoms with Crippen LogP contribution in [-0.4, -0.2) is 30.6 Å². The van der Waals surface area contributed by atoms with Crippen LogP contribution in [0.3, 0.4) is 0 Å². The summed E-state index contributed by atoms with van der Waals surface area (Å²) in [6.07, 6.45) is 2.48. The van der Waals surface area contributed by atoms with E-state index in [0.717, 1.165) is 19.6 Å². The maximum absolute atomic E-state index is 3.92. The predicted octanol–water partition coefficient (Wildman–Crippen LogP) is 4.02. The van der Waals surface area contributed by atoms with Crippen molar-refractivity contribution in [1.82, 2.24) is 10.2 Å². The van der Waals surface area contributed by atoms with Crippen molar-refractivity contribution >= 4 is 0 Å². The number of hydrogen-bond donors (Lipinski definition) is 1. The van der Waals surface area contributed by atoms with Gasteiger partial charge in [-0.05, 0) is 49.4 Å². The summed E-state index contributed by atoms with van der Waals surface area (Å²) < 4.78 is 0. The monoisotopic (exact) mass is 288 g/mol. The third-order valence-corrected chi connectivity index (χ3v) is 5.06. The van der Waals surface area contributed by atoms with Crippen LogP contribution < -0.4 is 5.32 Å². The average molecular weight is 288 g/mol. The first kappa shape index (κ1) is 16.5. The van der Waals surface area contributed by atoms with Gasteiger partial charge >= 0.3 is 0 Å². The molecule has 1 N–H and O–H groups in total. The summed E-state index contributed by atoms with van der Waals surface area (Å²) in [5.41, 5.74) is 3.37. The highest BCUT2D eigenvalue weighted by Gasteiger charge is 2.36. The number of likely N-dealkylation sites (N-methyl/N-ethyl adjacent to an activating group) is 1. The second kappa shape index (κ2) is 6.93. The second-order valence-electron chi connectivity index (χ2n) is 7.17. The summed E-state index contributed by atoms with van der Waals surface area (Å²) in [5, 5.41) is 3.92. The molecule has 118 valence electrons. The van der Waals surface area contributed by atoms with Crippen molar-refractivity contribution in [2.24, 2.45) is 5.41 Å². The fourth-order valence-electron chi connectivity index (χ4n) is 3.59. The molecular formula is C19H32N2. The smallest absolute Gasteiger partial charge is 0.0377 e.